The van der Waals surface area contributed by atoms with Gasteiger partial charge >= 0.3 is 0 Å². The molecule has 0 saturated heterocycles. The molecule has 1 N–H and O–H groups in total. The largest absolute Gasteiger partial charge is 0.322 e. The van der Waals surface area contributed by atoms with Crippen LogP contribution in [0.2, 0.25) is 10.0 Å². The summed E-state index contributed by atoms with van der Waals surface area (Å²) >= 11 is 12.1. The lowest BCUT2D eigenvalue weighted by atomic mass is 10.1. The molecule has 0 spiro atoms. The molecule has 27 heavy (non-hydrogen) atoms. The second kappa shape index (κ2) is 7.99. The summed E-state index contributed by atoms with van der Waals surface area (Å²) in [5, 5.41) is 3.65. The topological polar surface area (TPSA) is 51.1 Å². The number of carbonyl (C=O) groups is 1. The van der Waals surface area contributed by atoms with Gasteiger partial charge in [-0.15, -0.1) is 0 Å². The molecular formula is C21H18Cl2N2O2. The number of hydrogen-bond acceptors (Lipinski definition) is 2. The van der Waals surface area contributed by atoms with Gasteiger partial charge in [-0.05, 0) is 60.9 Å². The number of rotatable bonds is 4. The van der Waals surface area contributed by atoms with Gasteiger partial charge in [-0.1, -0.05) is 41.4 Å². The van der Waals surface area contributed by atoms with Crippen LogP contribution < -0.4 is 10.9 Å². The quantitative estimate of drug-likeness (QED) is 0.664. The standard InChI is InChI=1S/C21H18Cl2N2O2/c1-13-6-7-18(8-14(13)2)24-20(26)19-10-17(23)12-25(21(19)27)11-15-4-3-5-16(22)9-15/h3-10,12H,11H2,1-2H3,(H,24,26). The molecule has 4 nitrogen and oxygen atoms in total. The minimum Gasteiger partial charge on any atom is -0.322 e. The highest BCUT2D eigenvalue weighted by Crippen LogP contribution is 2.16. The average molecular weight is 401 g/mol. The average Bonchev–Trinajstić information content (AvgIpc) is 2.61. The van der Waals surface area contributed by atoms with E-state index in [2.05, 4.69) is 5.32 Å². The van der Waals surface area contributed by atoms with E-state index in [0.717, 1.165) is 16.7 Å². The molecule has 0 bridgehead atoms. The maximum Gasteiger partial charge on any atom is 0.263 e. The predicted molar refractivity (Wildman–Crippen MR) is 110 cm³/mol. The first kappa shape index (κ1) is 19.2. The second-order valence-corrected chi connectivity index (χ2v) is 7.26. The molecule has 0 unspecified atom stereocenters. The zero-order valence-electron chi connectivity index (χ0n) is 14.9. The summed E-state index contributed by atoms with van der Waals surface area (Å²) in [5.74, 6) is -0.495. The number of halogens is 2. The summed E-state index contributed by atoms with van der Waals surface area (Å²) in [6.07, 6.45) is 1.51. The predicted octanol–water partition coefficient (Wildman–Crippen LogP) is 5.07. The van der Waals surface area contributed by atoms with Gasteiger partial charge in [0.05, 0.1) is 11.6 Å². The van der Waals surface area contributed by atoms with E-state index >= 15 is 0 Å². The first-order valence-corrected chi connectivity index (χ1v) is 9.12. The normalized spacial score (nSPS) is 10.7. The van der Waals surface area contributed by atoms with Crippen molar-refractivity contribution in [2.75, 3.05) is 5.32 Å². The summed E-state index contributed by atoms with van der Waals surface area (Å²) < 4.78 is 1.41. The van der Waals surface area contributed by atoms with Crippen LogP contribution >= 0.6 is 23.2 Å². The Balaban J connectivity index is 1.91. The molecular weight excluding hydrogens is 383 g/mol. The second-order valence-electron chi connectivity index (χ2n) is 6.39. The van der Waals surface area contributed by atoms with Gasteiger partial charge in [-0.25, -0.2) is 0 Å². The number of aryl methyl sites for hydroxylation is 2. The Morgan fingerprint density at radius 1 is 1.00 bits per heavy atom. The van der Waals surface area contributed by atoms with E-state index in [1.807, 2.05) is 32.0 Å². The van der Waals surface area contributed by atoms with Crippen LogP contribution in [0.5, 0.6) is 0 Å². The SMILES string of the molecule is Cc1ccc(NC(=O)c2cc(Cl)cn(Cc3cccc(Cl)c3)c2=O)cc1C. The van der Waals surface area contributed by atoms with E-state index < -0.39 is 11.5 Å². The van der Waals surface area contributed by atoms with Crippen molar-refractivity contribution in [3.8, 4) is 0 Å². The highest BCUT2D eigenvalue weighted by Gasteiger charge is 2.15. The molecule has 1 amide bonds. The van der Waals surface area contributed by atoms with Gasteiger partial charge in [-0.2, -0.15) is 0 Å². The van der Waals surface area contributed by atoms with Gasteiger partial charge in [0.15, 0.2) is 0 Å². The number of anilines is 1. The zero-order valence-corrected chi connectivity index (χ0v) is 16.4. The summed E-state index contributed by atoms with van der Waals surface area (Å²) in [7, 11) is 0. The molecule has 1 heterocycles. The molecule has 1 aromatic heterocycles. The molecule has 0 aliphatic heterocycles. The van der Waals surface area contributed by atoms with Crippen LogP contribution in [0.15, 0.2) is 59.5 Å². The highest BCUT2D eigenvalue weighted by atomic mass is 35.5. The third-order valence-corrected chi connectivity index (χ3v) is 4.75. The number of aromatic nitrogens is 1. The van der Waals surface area contributed by atoms with E-state index in [4.69, 9.17) is 23.2 Å². The van der Waals surface area contributed by atoms with E-state index in [1.165, 1.54) is 16.8 Å². The number of benzene rings is 2. The number of nitrogens with one attached hydrogen (secondary N) is 1. The van der Waals surface area contributed by atoms with Gasteiger partial charge in [0, 0.05) is 16.9 Å². The fourth-order valence-corrected chi connectivity index (χ4v) is 3.17. The van der Waals surface area contributed by atoms with E-state index in [-0.39, 0.29) is 12.1 Å². The maximum atomic E-state index is 12.8. The van der Waals surface area contributed by atoms with Gasteiger partial charge in [0.2, 0.25) is 0 Å². The third-order valence-electron chi connectivity index (χ3n) is 4.30. The monoisotopic (exact) mass is 400 g/mol. The number of hydrogen-bond donors (Lipinski definition) is 1. The number of pyridine rings is 1. The van der Waals surface area contributed by atoms with Gasteiger partial charge in [-0.3, -0.25) is 9.59 Å². The Morgan fingerprint density at radius 3 is 2.48 bits per heavy atom. The number of amides is 1. The van der Waals surface area contributed by atoms with Crippen molar-refractivity contribution in [2.24, 2.45) is 0 Å². The fourth-order valence-electron chi connectivity index (χ4n) is 2.73. The Hall–Kier alpha value is -2.56. The number of carbonyl (C=O) groups excluding carboxylic acids is 1. The van der Waals surface area contributed by atoms with Crippen molar-refractivity contribution < 1.29 is 4.79 Å². The van der Waals surface area contributed by atoms with Crippen molar-refractivity contribution in [1.29, 1.82) is 0 Å². The third kappa shape index (κ3) is 4.59. The zero-order chi connectivity index (χ0) is 19.6. The van der Waals surface area contributed by atoms with Crippen LogP contribution in [0, 0.1) is 13.8 Å². The molecule has 0 fully saturated rings. The molecule has 0 atom stereocenters. The fraction of sp³-hybridized carbons (Fsp3) is 0.143. The lowest BCUT2D eigenvalue weighted by Crippen LogP contribution is -2.29. The molecule has 0 saturated carbocycles. The minimum absolute atomic E-state index is 0.0113. The maximum absolute atomic E-state index is 12.8. The van der Waals surface area contributed by atoms with Crippen LogP contribution in [-0.2, 0) is 6.54 Å². The number of nitrogens with zero attached hydrogens (tertiary/aromatic N) is 1. The van der Waals surface area contributed by atoms with Gasteiger partial charge < -0.3 is 9.88 Å². The molecule has 2 aromatic carbocycles. The van der Waals surface area contributed by atoms with Crippen molar-refractivity contribution in [3.63, 3.8) is 0 Å². The van der Waals surface area contributed by atoms with Crippen LogP contribution in [0.25, 0.3) is 0 Å². The summed E-state index contributed by atoms with van der Waals surface area (Å²) in [4.78, 5) is 25.4. The van der Waals surface area contributed by atoms with Gasteiger partial charge in [0.25, 0.3) is 11.5 Å². The smallest absolute Gasteiger partial charge is 0.263 e. The summed E-state index contributed by atoms with van der Waals surface area (Å²) in [5.41, 5.74) is 3.22. The van der Waals surface area contributed by atoms with Crippen LogP contribution in [0.3, 0.4) is 0 Å². The van der Waals surface area contributed by atoms with E-state index in [1.54, 1.807) is 24.3 Å². The lowest BCUT2D eigenvalue weighted by molar-refractivity contribution is 0.102. The van der Waals surface area contributed by atoms with Crippen molar-refractivity contribution in [3.05, 3.63) is 97.4 Å². The lowest BCUT2D eigenvalue weighted by Gasteiger charge is -2.11. The van der Waals surface area contributed by atoms with Crippen LogP contribution in [-0.4, -0.2) is 10.5 Å². The van der Waals surface area contributed by atoms with E-state index in [0.29, 0.717) is 15.7 Å². The van der Waals surface area contributed by atoms with Crippen LogP contribution in [0.1, 0.15) is 27.0 Å². The molecule has 0 aliphatic carbocycles. The summed E-state index contributed by atoms with van der Waals surface area (Å²) in [6, 6.07) is 14.2. The minimum atomic E-state index is -0.495. The Kier molecular flexibility index (Phi) is 5.68. The molecule has 0 aliphatic rings. The van der Waals surface area contributed by atoms with Crippen LogP contribution in [0.4, 0.5) is 5.69 Å². The first-order chi connectivity index (χ1) is 12.8. The highest BCUT2D eigenvalue weighted by molar-refractivity contribution is 6.31. The molecule has 6 heteroatoms. The molecule has 138 valence electrons. The van der Waals surface area contributed by atoms with E-state index in [9.17, 15) is 9.59 Å². The van der Waals surface area contributed by atoms with Crippen molar-refractivity contribution in [2.45, 2.75) is 20.4 Å². The Bertz CT molecular complexity index is 1070. The molecule has 3 aromatic rings. The Labute approximate surface area is 167 Å². The van der Waals surface area contributed by atoms with Crippen molar-refractivity contribution >= 4 is 34.8 Å². The van der Waals surface area contributed by atoms with Crippen molar-refractivity contribution in [1.82, 2.24) is 4.57 Å². The Morgan fingerprint density at radius 2 is 1.78 bits per heavy atom. The first-order valence-electron chi connectivity index (χ1n) is 8.36. The molecule has 0 radical (unpaired) electrons. The van der Waals surface area contributed by atoms with Gasteiger partial charge in [0.1, 0.15) is 5.56 Å². The molecule has 3 rings (SSSR count). The summed E-state index contributed by atoms with van der Waals surface area (Å²) in [6.45, 7) is 4.22.